The fourth-order valence-corrected chi connectivity index (χ4v) is 4.31. The van der Waals surface area contributed by atoms with Gasteiger partial charge in [-0.1, -0.05) is 12.1 Å². The second kappa shape index (κ2) is 3.46. The van der Waals surface area contributed by atoms with Gasteiger partial charge in [0, 0.05) is 17.3 Å². The minimum absolute atomic E-state index is 0.695. The highest BCUT2D eigenvalue weighted by atomic mass is 32.1. The van der Waals surface area contributed by atoms with E-state index in [9.17, 15) is 0 Å². The van der Waals surface area contributed by atoms with Crippen molar-refractivity contribution in [2.45, 2.75) is 6.54 Å². The van der Waals surface area contributed by atoms with E-state index < -0.39 is 6.98 Å². The number of thiazole rings is 1. The first-order valence-electron chi connectivity index (χ1n) is 7.96. The van der Waals surface area contributed by atoms with Crippen LogP contribution in [0.4, 0.5) is 0 Å². The van der Waals surface area contributed by atoms with Gasteiger partial charge in [-0.15, -0.1) is 0 Å². The SMILES string of the molecule is [2H]C([2H])([2H])n1c2ccccc2c2c1sc1[n+]2Cc2ncccc2-1. The van der Waals surface area contributed by atoms with Crippen LogP contribution in [0.2, 0.25) is 0 Å². The van der Waals surface area contributed by atoms with Crippen molar-refractivity contribution in [3.63, 3.8) is 0 Å². The Morgan fingerprint density at radius 3 is 3.20 bits per heavy atom. The van der Waals surface area contributed by atoms with E-state index in [1.54, 1.807) is 6.20 Å². The summed E-state index contributed by atoms with van der Waals surface area (Å²) < 4.78 is 27.5. The Bertz CT molecular complexity index is 1090. The van der Waals surface area contributed by atoms with Crippen LogP contribution < -0.4 is 4.57 Å². The summed E-state index contributed by atoms with van der Waals surface area (Å²) in [4.78, 5) is 5.26. The van der Waals surface area contributed by atoms with Gasteiger partial charge >= 0.3 is 0 Å². The molecule has 0 atom stereocenters. The quantitative estimate of drug-likeness (QED) is 0.400. The molecule has 1 aromatic carbocycles. The minimum Gasteiger partial charge on any atom is -0.330 e. The van der Waals surface area contributed by atoms with E-state index in [0.29, 0.717) is 6.54 Å². The van der Waals surface area contributed by atoms with Crippen molar-refractivity contribution >= 4 is 32.6 Å². The molecule has 0 aliphatic carbocycles. The van der Waals surface area contributed by atoms with E-state index in [4.69, 9.17) is 4.11 Å². The molecule has 4 aromatic rings. The van der Waals surface area contributed by atoms with Crippen LogP contribution in [0.25, 0.3) is 31.8 Å². The Morgan fingerprint density at radius 1 is 1.30 bits per heavy atom. The number of aryl methyl sites for hydroxylation is 1. The molecule has 4 heteroatoms. The molecule has 0 N–H and O–H groups in total. The molecule has 96 valence electrons. The molecular weight excluding hydrogens is 266 g/mol. The summed E-state index contributed by atoms with van der Waals surface area (Å²) >= 11 is 1.53. The first kappa shape index (κ1) is 8.17. The zero-order valence-electron chi connectivity index (χ0n) is 13.5. The maximum atomic E-state index is 7.93. The highest BCUT2D eigenvalue weighted by molar-refractivity contribution is 7.21. The molecule has 0 amide bonds. The maximum absolute atomic E-state index is 7.93. The lowest BCUT2D eigenvalue weighted by Crippen LogP contribution is -2.30. The average Bonchev–Trinajstić information content (AvgIpc) is 3.12. The molecule has 5 rings (SSSR count). The summed E-state index contributed by atoms with van der Waals surface area (Å²) in [6.07, 6.45) is 1.80. The van der Waals surface area contributed by atoms with E-state index in [1.807, 2.05) is 30.3 Å². The summed E-state index contributed by atoms with van der Waals surface area (Å²) in [6, 6.07) is 11.7. The number of rotatable bonds is 0. The average molecular weight is 281 g/mol. The van der Waals surface area contributed by atoms with Gasteiger partial charge in [-0.25, -0.2) is 0 Å². The Morgan fingerprint density at radius 2 is 2.25 bits per heavy atom. The predicted octanol–water partition coefficient (Wildman–Crippen LogP) is 3.10. The van der Waals surface area contributed by atoms with Gasteiger partial charge in [-0.05, 0) is 35.6 Å². The topological polar surface area (TPSA) is 21.7 Å². The third-order valence-electron chi connectivity index (χ3n) is 3.94. The van der Waals surface area contributed by atoms with Crippen molar-refractivity contribution in [1.29, 1.82) is 0 Å². The number of nitrogens with zero attached hydrogens (tertiary/aromatic N) is 3. The first-order valence-corrected chi connectivity index (χ1v) is 7.28. The third kappa shape index (κ3) is 1.11. The van der Waals surface area contributed by atoms with Gasteiger partial charge in [0.25, 0.3) is 10.5 Å². The second-order valence-corrected chi connectivity index (χ2v) is 5.97. The van der Waals surface area contributed by atoms with Gasteiger partial charge in [0.05, 0.1) is 16.5 Å². The van der Waals surface area contributed by atoms with Gasteiger partial charge in [-0.2, -0.15) is 4.57 Å². The number of benzene rings is 1. The molecular formula is C16H12N3S+. The van der Waals surface area contributed by atoms with E-state index >= 15 is 0 Å². The van der Waals surface area contributed by atoms with Crippen molar-refractivity contribution in [2.75, 3.05) is 0 Å². The summed E-state index contributed by atoms with van der Waals surface area (Å²) in [5.41, 5.74) is 3.91. The normalized spacial score (nSPS) is 15.9. The molecule has 0 spiro atoms. The zero-order valence-corrected chi connectivity index (χ0v) is 11.3. The molecule has 0 bridgehead atoms. The Balaban J connectivity index is 1.96. The van der Waals surface area contributed by atoms with Crippen LogP contribution >= 0.6 is 11.3 Å². The van der Waals surface area contributed by atoms with Gasteiger partial charge in [0.1, 0.15) is 5.69 Å². The largest absolute Gasteiger partial charge is 0.330 e. The molecule has 0 radical (unpaired) electrons. The fraction of sp³-hybridized carbons (Fsp3) is 0.125. The summed E-state index contributed by atoms with van der Waals surface area (Å²) in [5.74, 6) is 0. The van der Waals surface area contributed by atoms with Crippen LogP contribution in [0.3, 0.4) is 0 Å². The number of aromatic nitrogens is 3. The van der Waals surface area contributed by atoms with E-state index in [0.717, 1.165) is 37.5 Å². The zero-order chi connectivity index (χ0) is 15.8. The van der Waals surface area contributed by atoms with Crippen molar-refractivity contribution in [1.82, 2.24) is 9.55 Å². The lowest BCUT2D eigenvalue weighted by molar-refractivity contribution is -0.641. The summed E-state index contributed by atoms with van der Waals surface area (Å²) in [7, 11) is 0. The molecule has 0 saturated heterocycles. The Hall–Kier alpha value is -2.20. The number of hydrogen-bond acceptors (Lipinski definition) is 2. The van der Waals surface area contributed by atoms with Crippen LogP contribution in [0.5, 0.6) is 0 Å². The monoisotopic (exact) mass is 281 g/mol. The smallest absolute Gasteiger partial charge is 0.274 e. The number of hydrogen-bond donors (Lipinski definition) is 0. The molecule has 1 aliphatic heterocycles. The van der Waals surface area contributed by atoms with Gasteiger partial charge < -0.3 is 4.57 Å². The molecule has 1 aliphatic rings. The van der Waals surface area contributed by atoms with Crippen LogP contribution in [-0.4, -0.2) is 9.55 Å². The van der Waals surface area contributed by atoms with Crippen molar-refractivity contribution in [2.24, 2.45) is 6.98 Å². The van der Waals surface area contributed by atoms with Crippen molar-refractivity contribution in [3.05, 3.63) is 48.3 Å². The summed E-state index contributed by atoms with van der Waals surface area (Å²) in [6.45, 7) is -1.50. The molecule has 3 nitrogen and oxygen atoms in total. The van der Waals surface area contributed by atoms with E-state index in [-0.39, 0.29) is 0 Å². The van der Waals surface area contributed by atoms with Crippen LogP contribution in [0.15, 0.2) is 42.6 Å². The molecule has 0 saturated carbocycles. The van der Waals surface area contributed by atoms with Gasteiger partial charge in [0.15, 0.2) is 11.4 Å². The van der Waals surface area contributed by atoms with Crippen molar-refractivity contribution < 1.29 is 8.68 Å². The predicted molar refractivity (Wildman–Crippen MR) is 80.8 cm³/mol. The first-order chi connectivity index (χ1) is 11.1. The number of para-hydroxylation sites is 1. The van der Waals surface area contributed by atoms with Gasteiger partial charge in [0.2, 0.25) is 0 Å². The fourth-order valence-electron chi connectivity index (χ4n) is 3.06. The van der Waals surface area contributed by atoms with E-state index in [2.05, 4.69) is 15.6 Å². The number of fused-ring (bicyclic) bond motifs is 7. The standard InChI is InChI=1S/C16H12N3S/c1-18-13-7-3-2-5-11(13)14-16(18)20-15-10-6-4-8-17-12(10)9-19(14)15/h2-8H,9H2,1H3/q+1/i1D3. The van der Waals surface area contributed by atoms with Crippen LogP contribution in [0, 0.1) is 0 Å². The minimum atomic E-state index is -2.20. The highest BCUT2D eigenvalue weighted by Gasteiger charge is 2.35. The lowest BCUT2D eigenvalue weighted by Gasteiger charge is -1.94. The molecule has 3 aromatic heterocycles. The molecule has 20 heavy (non-hydrogen) atoms. The number of pyridine rings is 1. The molecule has 4 heterocycles. The lowest BCUT2D eigenvalue weighted by atomic mass is 10.2. The van der Waals surface area contributed by atoms with Crippen LogP contribution in [0.1, 0.15) is 9.81 Å². The highest BCUT2D eigenvalue weighted by Crippen LogP contribution is 2.38. The van der Waals surface area contributed by atoms with Crippen molar-refractivity contribution in [3.8, 4) is 10.6 Å². The second-order valence-electron chi connectivity index (χ2n) is 5.00. The van der Waals surface area contributed by atoms with E-state index in [1.165, 1.54) is 15.9 Å². The Kier molecular flexibility index (Phi) is 1.41. The summed E-state index contributed by atoms with van der Waals surface area (Å²) in [5, 5.41) is 2.07. The Labute approximate surface area is 123 Å². The molecule has 0 unspecified atom stereocenters. The third-order valence-corrected chi connectivity index (χ3v) is 5.15. The van der Waals surface area contributed by atoms with Crippen LogP contribution in [-0.2, 0) is 13.5 Å². The maximum Gasteiger partial charge on any atom is 0.274 e. The van der Waals surface area contributed by atoms with Gasteiger partial charge in [-0.3, -0.25) is 4.98 Å². The molecule has 0 fully saturated rings.